The van der Waals surface area contributed by atoms with Gasteiger partial charge in [0, 0.05) is 18.6 Å². The highest BCUT2D eigenvalue weighted by Crippen LogP contribution is 2.19. The van der Waals surface area contributed by atoms with Crippen molar-refractivity contribution in [2.24, 2.45) is 0 Å². The van der Waals surface area contributed by atoms with Crippen LogP contribution in [0.25, 0.3) is 0 Å². The molecule has 96 valence electrons. The fraction of sp³-hybridized carbons (Fsp3) is 1.00. The molecule has 1 aliphatic heterocycles. The van der Waals surface area contributed by atoms with Crippen molar-refractivity contribution in [3.8, 4) is 0 Å². The van der Waals surface area contributed by atoms with Crippen LogP contribution in [0.15, 0.2) is 0 Å². The van der Waals surface area contributed by atoms with Crippen LogP contribution in [-0.2, 0) is 0 Å². The molecule has 1 aliphatic rings. The fourth-order valence-electron chi connectivity index (χ4n) is 2.98. The Labute approximate surface area is 102 Å². The molecule has 1 fully saturated rings. The molecule has 0 saturated carbocycles. The van der Waals surface area contributed by atoms with Gasteiger partial charge in [-0.15, -0.1) is 0 Å². The van der Waals surface area contributed by atoms with E-state index in [0.717, 1.165) is 12.1 Å². The highest BCUT2D eigenvalue weighted by molar-refractivity contribution is 4.82. The average Bonchev–Trinajstić information content (AvgIpc) is 2.35. The van der Waals surface area contributed by atoms with Crippen molar-refractivity contribution in [2.45, 2.75) is 71.4 Å². The lowest BCUT2D eigenvalue weighted by Gasteiger charge is -2.40. The van der Waals surface area contributed by atoms with Crippen LogP contribution in [0, 0.1) is 0 Å². The van der Waals surface area contributed by atoms with E-state index < -0.39 is 0 Å². The highest BCUT2D eigenvalue weighted by atomic mass is 15.2. The number of piperidine rings is 1. The Hall–Kier alpha value is -0.0800. The molecule has 1 rings (SSSR count). The van der Waals surface area contributed by atoms with Crippen molar-refractivity contribution in [3.05, 3.63) is 0 Å². The van der Waals surface area contributed by atoms with Crippen LogP contribution in [0.3, 0.4) is 0 Å². The Bertz CT molecular complexity index is 159. The minimum Gasteiger partial charge on any atom is -0.315 e. The maximum atomic E-state index is 3.55. The second kappa shape index (κ2) is 8.08. The van der Waals surface area contributed by atoms with E-state index in [4.69, 9.17) is 0 Å². The molecule has 1 saturated heterocycles. The molecule has 0 spiro atoms. The van der Waals surface area contributed by atoms with Gasteiger partial charge < -0.3 is 5.32 Å². The minimum atomic E-state index is 0.796. The third kappa shape index (κ3) is 4.06. The number of hydrogen-bond donors (Lipinski definition) is 1. The Balaban J connectivity index is 2.54. The second-order valence-electron chi connectivity index (χ2n) is 5.09. The van der Waals surface area contributed by atoms with Crippen LogP contribution >= 0.6 is 0 Å². The number of nitrogens with zero attached hydrogens (tertiary/aromatic N) is 1. The first-order valence-corrected chi connectivity index (χ1v) is 7.29. The summed E-state index contributed by atoms with van der Waals surface area (Å²) >= 11 is 0. The van der Waals surface area contributed by atoms with Crippen LogP contribution in [0.4, 0.5) is 0 Å². The maximum absolute atomic E-state index is 3.55. The zero-order valence-electron chi connectivity index (χ0n) is 11.5. The summed E-state index contributed by atoms with van der Waals surface area (Å²) in [5.74, 6) is 0. The quantitative estimate of drug-likeness (QED) is 0.718. The lowest BCUT2D eigenvalue weighted by molar-refractivity contribution is 0.102. The van der Waals surface area contributed by atoms with Crippen LogP contribution < -0.4 is 5.32 Å². The summed E-state index contributed by atoms with van der Waals surface area (Å²) in [7, 11) is 0. The molecule has 0 amide bonds. The van der Waals surface area contributed by atoms with E-state index in [9.17, 15) is 0 Å². The molecule has 0 aliphatic carbocycles. The van der Waals surface area contributed by atoms with E-state index in [0.29, 0.717) is 0 Å². The summed E-state index contributed by atoms with van der Waals surface area (Å²) < 4.78 is 0. The standard InChI is InChI=1S/C14H30N2/c1-4-8-13(6-3)16(11-5-2)14-9-7-10-15-12-14/h13-15H,4-12H2,1-3H3. The molecule has 0 radical (unpaired) electrons. The molecule has 0 aromatic rings. The summed E-state index contributed by atoms with van der Waals surface area (Å²) in [5, 5.41) is 3.55. The molecule has 2 nitrogen and oxygen atoms in total. The van der Waals surface area contributed by atoms with Crippen molar-refractivity contribution >= 4 is 0 Å². The number of hydrogen-bond acceptors (Lipinski definition) is 2. The lowest BCUT2D eigenvalue weighted by atomic mass is 9.99. The predicted molar refractivity (Wildman–Crippen MR) is 71.9 cm³/mol. The number of nitrogens with one attached hydrogen (secondary N) is 1. The molecular weight excluding hydrogens is 196 g/mol. The molecule has 0 bridgehead atoms. The smallest absolute Gasteiger partial charge is 0.0224 e. The summed E-state index contributed by atoms with van der Waals surface area (Å²) in [5.41, 5.74) is 0. The van der Waals surface area contributed by atoms with Gasteiger partial charge in [-0.05, 0) is 45.2 Å². The van der Waals surface area contributed by atoms with Gasteiger partial charge in [0.1, 0.15) is 0 Å². The summed E-state index contributed by atoms with van der Waals surface area (Å²) in [6, 6.07) is 1.61. The summed E-state index contributed by atoms with van der Waals surface area (Å²) in [4.78, 5) is 2.79. The van der Waals surface area contributed by atoms with E-state index in [-0.39, 0.29) is 0 Å². The van der Waals surface area contributed by atoms with E-state index in [1.165, 1.54) is 58.2 Å². The predicted octanol–water partition coefficient (Wildman–Crippen LogP) is 3.03. The third-order valence-electron chi connectivity index (χ3n) is 3.78. The molecule has 0 aromatic heterocycles. The van der Waals surface area contributed by atoms with Gasteiger partial charge in [-0.1, -0.05) is 27.2 Å². The Morgan fingerprint density at radius 2 is 2.06 bits per heavy atom. The lowest BCUT2D eigenvalue weighted by Crippen LogP contribution is -2.50. The molecular formula is C14H30N2. The van der Waals surface area contributed by atoms with E-state index in [2.05, 4.69) is 31.0 Å². The van der Waals surface area contributed by atoms with Crippen molar-refractivity contribution < 1.29 is 0 Å². The molecule has 1 N–H and O–H groups in total. The van der Waals surface area contributed by atoms with Gasteiger partial charge in [-0.2, -0.15) is 0 Å². The Morgan fingerprint density at radius 1 is 1.25 bits per heavy atom. The van der Waals surface area contributed by atoms with Crippen LogP contribution in [0.1, 0.15) is 59.3 Å². The van der Waals surface area contributed by atoms with Crippen LogP contribution in [0.2, 0.25) is 0 Å². The topological polar surface area (TPSA) is 15.3 Å². The molecule has 1 heterocycles. The van der Waals surface area contributed by atoms with Gasteiger partial charge in [-0.25, -0.2) is 0 Å². The van der Waals surface area contributed by atoms with Gasteiger partial charge in [0.15, 0.2) is 0 Å². The van der Waals surface area contributed by atoms with Crippen molar-refractivity contribution in [2.75, 3.05) is 19.6 Å². The first kappa shape index (κ1) is 14.0. The van der Waals surface area contributed by atoms with E-state index >= 15 is 0 Å². The van der Waals surface area contributed by atoms with Gasteiger partial charge in [-0.3, -0.25) is 4.90 Å². The first-order valence-electron chi connectivity index (χ1n) is 7.29. The van der Waals surface area contributed by atoms with Crippen LogP contribution in [0.5, 0.6) is 0 Å². The minimum absolute atomic E-state index is 0.796. The normalized spacial score (nSPS) is 23.6. The SMILES string of the molecule is CCCC(CC)N(CCC)C1CCCNC1. The zero-order chi connectivity index (χ0) is 11.8. The first-order chi connectivity index (χ1) is 7.83. The van der Waals surface area contributed by atoms with Crippen molar-refractivity contribution in [1.82, 2.24) is 10.2 Å². The molecule has 16 heavy (non-hydrogen) atoms. The van der Waals surface area contributed by atoms with Crippen molar-refractivity contribution in [1.29, 1.82) is 0 Å². The Kier molecular flexibility index (Phi) is 7.06. The zero-order valence-corrected chi connectivity index (χ0v) is 11.5. The van der Waals surface area contributed by atoms with Gasteiger partial charge >= 0.3 is 0 Å². The maximum Gasteiger partial charge on any atom is 0.0224 e. The average molecular weight is 226 g/mol. The highest BCUT2D eigenvalue weighted by Gasteiger charge is 2.25. The molecule has 2 heteroatoms. The number of rotatable bonds is 7. The van der Waals surface area contributed by atoms with Gasteiger partial charge in [0.05, 0.1) is 0 Å². The Morgan fingerprint density at radius 3 is 2.56 bits per heavy atom. The van der Waals surface area contributed by atoms with Gasteiger partial charge in [0.25, 0.3) is 0 Å². The molecule has 2 atom stereocenters. The second-order valence-corrected chi connectivity index (χ2v) is 5.09. The third-order valence-corrected chi connectivity index (χ3v) is 3.78. The largest absolute Gasteiger partial charge is 0.315 e. The van der Waals surface area contributed by atoms with E-state index in [1.54, 1.807) is 0 Å². The van der Waals surface area contributed by atoms with Crippen molar-refractivity contribution in [3.63, 3.8) is 0 Å². The molecule has 2 unspecified atom stereocenters. The summed E-state index contributed by atoms with van der Waals surface area (Å²) in [6.45, 7) is 10.7. The van der Waals surface area contributed by atoms with Crippen LogP contribution in [-0.4, -0.2) is 36.6 Å². The molecule has 0 aromatic carbocycles. The summed E-state index contributed by atoms with van der Waals surface area (Å²) in [6.07, 6.45) is 8.04. The van der Waals surface area contributed by atoms with E-state index in [1.807, 2.05) is 0 Å². The monoisotopic (exact) mass is 226 g/mol. The fourth-order valence-corrected chi connectivity index (χ4v) is 2.98. The van der Waals surface area contributed by atoms with Gasteiger partial charge in [0.2, 0.25) is 0 Å².